The van der Waals surface area contributed by atoms with Crippen LogP contribution >= 0.6 is 0 Å². The quantitative estimate of drug-likeness (QED) is 0.464. The monoisotopic (exact) mass is 374 g/mol. The molecule has 1 unspecified atom stereocenters. The Morgan fingerprint density at radius 3 is 2.44 bits per heavy atom. The zero-order chi connectivity index (χ0) is 19.2. The van der Waals surface area contributed by atoms with Crippen LogP contribution in [0.2, 0.25) is 0 Å². The highest BCUT2D eigenvalue weighted by molar-refractivity contribution is 5.67. The van der Waals surface area contributed by atoms with Gasteiger partial charge < -0.3 is 4.74 Å². The molecule has 1 saturated carbocycles. The van der Waals surface area contributed by atoms with Gasteiger partial charge in [0.1, 0.15) is 0 Å². The van der Waals surface area contributed by atoms with Gasteiger partial charge in [-0.2, -0.15) is 4.39 Å². The molecule has 1 atom stereocenters. The first kappa shape index (κ1) is 20.1. The minimum absolute atomic E-state index is 0.0625. The van der Waals surface area contributed by atoms with Crippen molar-refractivity contribution in [1.29, 1.82) is 0 Å². The van der Waals surface area contributed by atoms with E-state index in [0.29, 0.717) is 11.5 Å². The normalized spacial score (nSPS) is 26.2. The molecule has 0 spiro atoms. The third kappa shape index (κ3) is 4.80. The fraction of sp³-hybridized carbons (Fsp3) is 0.583. The zero-order valence-electron chi connectivity index (χ0n) is 16.6. The molecule has 0 aliphatic heterocycles. The average molecular weight is 375 g/mol. The topological polar surface area (TPSA) is 9.23 Å². The van der Waals surface area contributed by atoms with Crippen molar-refractivity contribution in [2.75, 3.05) is 0 Å². The highest BCUT2D eigenvalue weighted by atomic mass is 19.2. The summed E-state index contributed by atoms with van der Waals surface area (Å²) >= 11 is 0. The molecule has 1 aromatic rings. The van der Waals surface area contributed by atoms with Gasteiger partial charge in [-0.15, -0.1) is 0 Å². The Bertz CT molecular complexity index is 684. The third-order valence-electron chi connectivity index (χ3n) is 6.43. The highest BCUT2D eigenvalue weighted by Crippen LogP contribution is 2.42. The van der Waals surface area contributed by atoms with Gasteiger partial charge in [-0.25, -0.2) is 4.39 Å². The summed E-state index contributed by atoms with van der Waals surface area (Å²) in [6, 6.07) is 3.18. The smallest absolute Gasteiger partial charge is 0.201 e. The van der Waals surface area contributed by atoms with Crippen molar-refractivity contribution in [3.63, 3.8) is 0 Å². The number of allylic oxidation sites excluding steroid dienone is 3. The number of hydrogen-bond acceptors (Lipinski definition) is 1. The summed E-state index contributed by atoms with van der Waals surface area (Å²) in [5.74, 6) is 0.703. The number of ether oxygens (including phenoxy) is 1. The predicted octanol–water partition coefficient (Wildman–Crippen LogP) is 7.67. The van der Waals surface area contributed by atoms with Gasteiger partial charge in [-0.1, -0.05) is 44.8 Å². The Labute approximate surface area is 162 Å². The molecule has 148 valence electrons. The lowest BCUT2D eigenvalue weighted by Crippen LogP contribution is -2.23. The fourth-order valence-corrected chi connectivity index (χ4v) is 4.90. The Morgan fingerprint density at radius 1 is 1.04 bits per heavy atom. The van der Waals surface area contributed by atoms with E-state index in [0.717, 1.165) is 36.7 Å². The molecule has 0 heterocycles. The summed E-state index contributed by atoms with van der Waals surface area (Å²) in [7, 11) is 0. The molecule has 0 radical (unpaired) electrons. The molecule has 1 aromatic carbocycles. The van der Waals surface area contributed by atoms with Gasteiger partial charge >= 0.3 is 0 Å². The van der Waals surface area contributed by atoms with Crippen LogP contribution in [0, 0.1) is 29.4 Å². The SMILES string of the molecule is CC=COc1ccc(C2=CCC(C3CCC(CCC)CC3)CC2)c(F)c1F. The maximum absolute atomic E-state index is 14.5. The van der Waals surface area contributed by atoms with E-state index in [2.05, 4.69) is 13.0 Å². The molecule has 27 heavy (non-hydrogen) atoms. The minimum atomic E-state index is -0.900. The summed E-state index contributed by atoms with van der Waals surface area (Å²) < 4.78 is 33.9. The van der Waals surface area contributed by atoms with Crippen molar-refractivity contribution in [1.82, 2.24) is 0 Å². The van der Waals surface area contributed by atoms with Gasteiger partial charge in [-0.3, -0.25) is 0 Å². The highest BCUT2D eigenvalue weighted by Gasteiger charge is 2.29. The van der Waals surface area contributed by atoms with Crippen LogP contribution in [0.4, 0.5) is 8.78 Å². The Balaban J connectivity index is 1.63. The zero-order valence-corrected chi connectivity index (χ0v) is 16.6. The first-order valence-electron chi connectivity index (χ1n) is 10.6. The lowest BCUT2D eigenvalue weighted by molar-refractivity contribution is 0.189. The third-order valence-corrected chi connectivity index (χ3v) is 6.43. The molecule has 2 aliphatic carbocycles. The summed E-state index contributed by atoms with van der Waals surface area (Å²) in [6.07, 6.45) is 16.2. The van der Waals surface area contributed by atoms with Crippen LogP contribution in [-0.2, 0) is 0 Å². The van der Waals surface area contributed by atoms with E-state index in [-0.39, 0.29) is 5.75 Å². The van der Waals surface area contributed by atoms with Crippen LogP contribution in [0.15, 0.2) is 30.5 Å². The maximum Gasteiger partial charge on any atom is 0.201 e. The van der Waals surface area contributed by atoms with Gasteiger partial charge in [0.15, 0.2) is 11.6 Å². The maximum atomic E-state index is 14.5. The van der Waals surface area contributed by atoms with Crippen molar-refractivity contribution in [3.8, 4) is 5.75 Å². The average Bonchev–Trinajstić information content (AvgIpc) is 2.70. The molecule has 2 aliphatic rings. The molecular formula is C24H32F2O. The van der Waals surface area contributed by atoms with E-state index < -0.39 is 11.6 Å². The van der Waals surface area contributed by atoms with E-state index in [4.69, 9.17) is 4.74 Å². The fourth-order valence-electron chi connectivity index (χ4n) is 4.90. The van der Waals surface area contributed by atoms with E-state index in [1.807, 2.05) is 0 Å². The first-order chi connectivity index (χ1) is 13.1. The summed E-state index contributed by atoms with van der Waals surface area (Å²) in [5, 5.41) is 0. The summed E-state index contributed by atoms with van der Waals surface area (Å²) in [5.41, 5.74) is 1.34. The Hall–Kier alpha value is -1.64. The van der Waals surface area contributed by atoms with Crippen LogP contribution in [0.3, 0.4) is 0 Å². The molecule has 3 heteroatoms. The second-order valence-electron chi connectivity index (χ2n) is 8.16. The molecule has 1 fully saturated rings. The van der Waals surface area contributed by atoms with Crippen molar-refractivity contribution in [2.45, 2.75) is 71.6 Å². The number of hydrogen-bond donors (Lipinski definition) is 0. The second kappa shape index (κ2) is 9.52. The van der Waals surface area contributed by atoms with Crippen molar-refractivity contribution < 1.29 is 13.5 Å². The Morgan fingerprint density at radius 2 is 1.81 bits per heavy atom. The number of rotatable bonds is 6. The number of halogens is 2. The molecule has 0 saturated heterocycles. The lowest BCUT2D eigenvalue weighted by Gasteiger charge is -2.35. The van der Waals surface area contributed by atoms with Crippen LogP contribution in [0.1, 0.15) is 77.2 Å². The molecule has 0 aromatic heterocycles. The van der Waals surface area contributed by atoms with Crippen LogP contribution in [-0.4, -0.2) is 0 Å². The van der Waals surface area contributed by atoms with Crippen LogP contribution < -0.4 is 4.74 Å². The molecule has 0 amide bonds. The van der Waals surface area contributed by atoms with Crippen LogP contribution in [0.5, 0.6) is 5.75 Å². The summed E-state index contributed by atoms with van der Waals surface area (Å²) in [6.45, 7) is 4.04. The van der Waals surface area contributed by atoms with Crippen molar-refractivity contribution in [3.05, 3.63) is 47.7 Å². The van der Waals surface area contributed by atoms with Gasteiger partial charge in [0, 0.05) is 5.56 Å². The van der Waals surface area contributed by atoms with Gasteiger partial charge in [-0.05, 0) is 74.5 Å². The van der Waals surface area contributed by atoms with E-state index in [1.54, 1.807) is 19.1 Å². The molecular weight excluding hydrogens is 342 g/mol. The van der Waals surface area contributed by atoms with Gasteiger partial charge in [0.05, 0.1) is 6.26 Å². The first-order valence-corrected chi connectivity index (χ1v) is 10.6. The molecule has 0 bridgehead atoms. The Kier molecular flexibility index (Phi) is 7.09. The summed E-state index contributed by atoms with van der Waals surface area (Å²) in [4.78, 5) is 0. The molecule has 3 rings (SSSR count). The predicted molar refractivity (Wildman–Crippen MR) is 107 cm³/mol. The van der Waals surface area contributed by atoms with E-state index >= 15 is 0 Å². The largest absolute Gasteiger partial charge is 0.462 e. The molecule has 0 N–H and O–H groups in total. The van der Waals surface area contributed by atoms with E-state index in [9.17, 15) is 8.78 Å². The van der Waals surface area contributed by atoms with Crippen molar-refractivity contribution in [2.24, 2.45) is 17.8 Å². The lowest BCUT2D eigenvalue weighted by atomic mass is 9.70. The minimum Gasteiger partial charge on any atom is -0.462 e. The second-order valence-corrected chi connectivity index (χ2v) is 8.16. The van der Waals surface area contributed by atoms with Gasteiger partial charge in [0.2, 0.25) is 5.82 Å². The molecule has 1 nitrogen and oxygen atoms in total. The van der Waals surface area contributed by atoms with Gasteiger partial charge in [0.25, 0.3) is 0 Å². The standard InChI is InChI=1S/C24H32F2O/c1-3-5-17-6-8-18(9-7-17)19-10-12-20(13-11-19)21-14-15-22(27-16-4-2)24(26)23(21)25/h4,12,14-19H,3,5-11,13H2,1-2H3. The van der Waals surface area contributed by atoms with E-state index in [1.165, 1.54) is 50.9 Å². The number of benzene rings is 1. The van der Waals surface area contributed by atoms with Crippen molar-refractivity contribution >= 4 is 5.57 Å². The van der Waals surface area contributed by atoms with Crippen LogP contribution in [0.25, 0.3) is 5.57 Å².